The number of nitrogens with two attached hydrogens (primary N) is 2. The van der Waals surface area contributed by atoms with E-state index in [0.29, 0.717) is 96.4 Å². The fourth-order valence-electron chi connectivity index (χ4n) is 12.7. The van der Waals surface area contributed by atoms with Crippen molar-refractivity contribution in [1.29, 1.82) is 0 Å². The van der Waals surface area contributed by atoms with Gasteiger partial charge in [0.25, 0.3) is 0 Å². The van der Waals surface area contributed by atoms with Gasteiger partial charge in [-0.1, -0.05) is 54.6 Å². The molecule has 3 aromatic carbocycles. The van der Waals surface area contributed by atoms with Gasteiger partial charge in [-0.15, -0.1) is 20.4 Å². The maximum Gasteiger partial charge on any atom is 0.410 e. The summed E-state index contributed by atoms with van der Waals surface area (Å²) in [7, 11) is 0. The van der Waals surface area contributed by atoms with E-state index >= 15 is 0 Å². The van der Waals surface area contributed by atoms with Crippen molar-refractivity contribution in [2.24, 2.45) is 0 Å². The first kappa shape index (κ1) is 55.8. The van der Waals surface area contributed by atoms with Crippen molar-refractivity contribution in [1.82, 2.24) is 50.4 Å². The molecule has 6 fully saturated rings. The second-order valence-electron chi connectivity index (χ2n) is 22.3. The molecule has 84 heavy (non-hydrogen) atoms. The second-order valence-corrected chi connectivity index (χ2v) is 22.3. The lowest BCUT2D eigenvalue weighted by atomic mass is 10.1. The minimum atomic E-state index is -0.265. The van der Waals surface area contributed by atoms with Gasteiger partial charge in [-0.05, 0) is 79.8 Å². The van der Waals surface area contributed by atoms with E-state index in [-0.39, 0.29) is 24.2 Å². The summed E-state index contributed by atoms with van der Waals surface area (Å²) in [5.41, 5.74) is 20.1. The molecule has 22 nitrogen and oxygen atoms in total. The van der Waals surface area contributed by atoms with E-state index in [1.54, 1.807) is 29.2 Å². The third-order valence-electron chi connectivity index (χ3n) is 17.0. The number of rotatable bonds is 16. The minimum absolute atomic E-state index is 0.164. The molecule has 6 saturated heterocycles. The Hall–Kier alpha value is -8.73. The van der Waals surface area contributed by atoms with E-state index < -0.39 is 0 Å². The van der Waals surface area contributed by atoms with Crippen LogP contribution in [-0.2, 0) is 11.3 Å². The number of phenols is 2. The molecular weight excluding hydrogens is 1060 g/mol. The van der Waals surface area contributed by atoms with Crippen molar-refractivity contribution >= 4 is 40.5 Å². The number of ether oxygens (including phenoxy) is 3. The molecule has 4 bridgehead atoms. The number of aromatic nitrogens is 6. The number of amides is 1. The Labute approximate surface area is 489 Å². The topological polar surface area (TPSA) is 249 Å². The zero-order valence-corrected chi connectivity index (χ0v) is 47.3. The molecule has 1 amide bonds. The molecule has 4 unspecified atom stereocenters. The molecule has 0 radical (unpaired) electrons. The van der Waals surface area contributed by atoms with Crippen molar-refractivity contribution in [2.75, 3.05) is 136 Å². The zero-order valence-electron chi connectivity index (χ0n) is 47.3. The van der Waals surface area contributed by atoms with Crippen molar-refractivity contribution < 1.29 is 29.2 Å². The Morgan fingerprint density at radius 1 is 0.548 bits per heavy atom. The van der Waals surface area contributed by atoms with Crippen LogP contribution in [0.5, 0.6) is 23.3 Å². The number of carbonyl (C=O) groups is 1. The fourth-order valence-corrected chi connectivity index (χ4v) is 12.7. The van der Waals surface area contributed by atoms with Gasteiger partial charge in [-0.3, -0.25) is 9.80 Å². The van der Waals surface area contributed by atoms with E-state index in [4.69, 9.17) is 25.7 Å². The number of nitrogens with zero attached hydrogens (tertiary/aromatic N) is 13. The molecule has 13 rings (SSSR count). The summed E-state index contributed by atoms with van der Waals surface area (Å²) in [4.78, 5) is 37.6. The van der Waals surface area contributed by atoms with Crippen LogP contribution in [0.25, 0.3) is 22.5 Å². The standard InChI is InChI=1S/C35H40N8O4.C27H34N8O2/c36-34-31(21-30(38-39-34)29-8-4-5-9-32(29)44)42-22-27-10-11-28(23-42)43(27)26-12-13-37-33(20-26)46-19-18-40-14-16-41(17-15-40)35(45)47-24-25-6-2-1-3-7-25;28-27-24(16-23(31-32-27)22-3-1-2-4-25(22)36)34-17-20-5-6-21(18-34)35(20)19-7-8-30-26(15-19)37-14-13-33-11-9-29-10-12-33/h1-9,12-13,20-21,27-28,44H,10-11,14-19,22-24H2,(H2,36,39);1-4,7-8,15-16,20-21,29,36H,5-6,9-14,17-18H2,(H2,28,32). The summed E-state index contributed by atoms with van der Waals surface area (Å²) >= 11 is 0. The molecule has 4 aromatic heterocycles. The number of pyridine rings is 2. The maximum absolute atomic E-state index is 12.5. The molecule has 22 heteroatoms. The van der Waals surface area contributed by atoms with E-state index in [2.05, 4.69) is 83.3 Å². The molecule has 438 valence electrons. The molecular formula is C62H74N16O6. The number of para-hydroxylation sites is 2. The lowest BCUT2D eigenvalue weighted by Gasteiger charge is -2.43. The predicted molar refractivity (Wildman–Crippen MR) is 324 cm³/mol. The smallest absolute Gasteiger partial charge is 0.410 e. The number of anilines is 6. The molecule has 4 atom stereocenters. The first-order chi connectivity index (χ1) is 41.2. The molecule has 6 aliphatic rings. The first-order valence-corrected chi connectivity index (χ1v) is 29.4. The normalized spacial score (nSPS) is 20.5. The average Bonchev–Trinajstić information content (AvgIpc) is 3.04. The predicted octanol–water partition coefficient (Wildman–Crippen LogP) is 5.99. The van der Waals surface area contributed by atoms with Crippen molar-refractivity contribution in [3.05, 3.63) is 133 Å². The Morgan fingerprint density at radius 2 is 1.00 bits per heavy atom. The maximum atomic E-state index is 12.5. The number of carbonyl (C=O) groups excluding carboxylic acids is 1. The summed E-state index contributed by atoms with van der Waals surface area (Å²) in [6, 6.07) is 37.5. The van der Waals surface area contributed by atoms with Crippen LogP contribution in [0.1, 0.15) is 31.2 Å². The van der Waals surface area contributed by atoms with Gasteiger partial charge in [0.05, 0.1) is 22.8 Å². The van der Waals surface area contributed by atoms with Crippen LogP contribution in [-0.4, -0.2) is 190 Å². The highest BCUT2D eigenvalue weighted by molar-refractivity contribution is 5.76. The third kappa shape index (κ3) is 12.9. The number of nitrogens with one attached hydrogen (secondary N) is 1. The Balaban J connectivity index is 0.000000170. The van der Waals surface area contributed by atoms with E-state index in [0.717, 1.165) is 133 Å². The van der Waals surface area contributed by atoms with Crippen LogP contribution in [0.15, 0.2) is 128 Å². The average molecular weight is 1140 g/mol. The number of hydrogen-bond donors (Lipinski definition) is 5. The molecule has 10 heterocycles. The highest BCUT2D eigenvalue weighted by atomic mass is 16.6. The lowest BCUT2D eigenvalue weighted by Crippen LogP contribution is -2.54. The number of piperazine rings is 4. The Kier molecular flexibility index (Phi) is 17.1. The van der Waals surface area contributed by atoms with Gasteiger partial charge in [-0.25, -0.2) is 14.8 Å². The van der Waals surface area contributed by atoms with Gasteiger partial charge < -0.3 is 65.7 Å². The minimum Gasteiger partial charge on any atom is -0.507 e. The number of fused-ring (bicyclic) bond motifs is 4. The van der Waals surface area contributed by atoms with Crippen LogP contribution in [0, 0.1) is 0 Å². The summed E-state index contributed by atoms with van der Waals surface area (Å²) in [6.07, 6.45) is 7.80. The fraction of sp³-hybridized carbons (Fsp3) is 0.403. The van der Waals surface area contributed by atoms with Gasteiger partial charge in [0.15, 0.2) is 11.6 Å². The highest BCUT2D eigenvalue weighted by Gasteiger charge is 2.42. The Bertz CT molecular complexity index is 3320. The van der Waals surface area contributed by atoms with E-state index in [9.17, 15) is 15.0 Å². The first-order valence-electron chi connectivity index (χ1n) is 29.4. The van der Waals surface area contributed by atoms with Gasteiger partial charge in [0.2, 0.25) is 11.8 Å². The molecule has 0 saturated carbocycles. The third-order valence-corrected chi connectivity index (χ3v) is 17.0. The molecule has 0 aliphatic carbocycles. The summed E-state index contributed by atoms with van der Waals surface area (Å²) in [5.74, 6) is 2.45. The summed E-state index contributed by atoms with van der Waals surface area (Å²) < 4.78 is 17.6. The number of phenolic OH excluding ortho intramolecular Hbond substituents is 2. The van der Waals surface area contributed by atoms with Crippen LogP contribution < -0.4 is 45.9 Å². The molecule has 6 aliphatic heterocycles. The lowest BCUT2D eigenvalue weighted by molar-refractivity contribution is 0.0682. The second kappa shape index (κ2) is 25.8. The largest absolute Gasteiger partial charge is 0.507 e. The highest BCUT2D eigenvalue weighted by Crippen LogP contribution is 2.42. The van der Waals surface area contributed by atoms with Gasteiger partial charge >= 0.3 is 6.09 Å². The van der Waals surface area contributed by atoms with Gasteiger partial charge in [0, 0.05) is 163 Å². The van der Waals surface area contributed by atoms with Crippen LogP contribution >= 0.6 is 0 Å². The number of nitrogen functional groups attached to an aromatic ring is 2. The van der Waals surface area contributed by atoms with Gasteiger partial charge in [0.1, 0.15) is 31.3 Å². The van der Waals surface area contributed by atoms with Crippen molar-refractivity contribution in [3.63, 3.8) is 0 Å². The SMILES string of the molecule is Nc1nnc(-c2ccccc2O)cc1N1CC2CCC(C1)N2c1ccnc(OCCN2CCN(C(=O)OCc3ccccc3)CC2)c1.Nc1nnc(-c2ccccc2O)cc1N1CC2CCC(C1)N2c1ccnc(OCCN2CCNCC2)c1. The monoisotopic (exact) mass is 1140 g/mol. The number of benzene rings is 3. The Morgan fingerprint density at radius 3 is 1.48 bits per heavy atom. The van der Waals surface area contributed by atoms with Crippen LogP contribution in [0.2, 0.25) is 0 Å². The van der Waals surface area contributed by atoms with Gasteiger partial charge in [-0.2, -0.15) is 0 Å². The summed E-state index contributed by atoms with van der Waals surface area (Å²) in [6.45, 7) is 13.4. The quantitative estimate of drug-likeness (QED) is 0.0746. The molecule has 7 N–H and O–H groups in total. The van der Waals surface area contributed by atoms with Crippen LogP contribution in [0.3, 0.4) is 0 Å². The number of aromatic hydroxyl groups is 2. The summed E-state index contributed by atoms with van der Waals surface area (Å²) in [5, 5.41) is 41.0. The van der Waals surface area contributed by atoms with Crippen molar-refractivity contribution in [2.45, 2.75) is 56.5 Å². The van der Waals surface area contributed by atoms with Crippen molar-refractivity contribution in [3.8, 4) is 45.8 Å². The molecule has 0 spiro atoms. The molecule has 7 aromatic rings. The van der Waals surface area contributed by atoms with E-state index in [1.807, 2.05) is 85.2 Å². The van der Waals surface area contributed by atoms with E-state index in [1.165, 1.54) is 0 Å². The number of hydrogen-bond acceptors (Lipinski definition) is 21. The van der Waals surface area contributed by atoms with Crippen LogP contribution in [0.4, 0.5) is 39.2 Å². The zero-order chi connectivity index (χ0) is 57.4.